The molecule has 0 bridgehead atoms. The molecule has 142 valence electrons. The highest BCUT2D eigenvalue weighted by Gasteiger charge is 2.11. The van der Waals surface area contributed by atoms with E-state index in [0.717, 1.165) is 10.2 Å². The maximum Gasteiger partial charge on any atom is 0.276 e. The van der Waals surface area contributed by atoms with E-state index in [0.29, 0.717) is 11.4 Å². The van der Waals surface area contributed by atoms with E-state index >= 15 is 0 Å². The lowest BCUT2D eigenvalue weighted by atomic mass is 10.2. The molecule has 0 atom stereocenters. The molecule has 2 N–H and O–H groups in total. The van der Waals surface area contributed by atoms with Crippen LogP contribution in [0.3, 0.4) is 0 Å². The number of benzene rings is 2. The van der Waals surface area contributed by atoms with Crippen molar-refractivity contribution in [3.05, 3.63) is 88.3 Å². The number of aromatic nitrogens is 2. The van der Waals surface area contributed by atoms with Gasteiger partial charge in [-0.2, -0.15) is 5.10 Å². The van der Waals surface area contributed by atoms with Crippen LogP contribution in [0.4, 0.5) is 11.4 Å². The molecule has 0 aliphatic rings. The molecule has 1 aromatic heterocycles. The topological polar surface area (TPSA) is 93.1 Å². The molecule has 0 saturated carbocycles. The zero-order valence-corrected chi connectivity index (χ0v) is 15.4. The third-order valence-electron chi connectivity index (χ3n) is 4.02. The summed E-state index contributed by atoms with van der Waals surface area (Å²) in [5.74, 6) is -0.666. The molecule has 7 heteroatoms. The molecule has 0 spiro atoms. The van der Waals surface area contributed by atoms with Crippen LogP contribution in [0, 0.1) is 6.92 Å². The largest absolute Gasteiger partial charge is 0.326 e. The predicted molar refractivity (Wildman–Crippen MR) is 107 cm³/mol. The number of carbonyl (C=O) groups excluding carboxylic acids is 2. The van der Waals surface area contributed by atoms with E-state index < -0.39 is 5.91 Å². The molecule has 0 saturated heterocycles. The Hall–Kier alpha value is -3.74. The zero-order chi connectivity index (χ0) is 19.9. The molecule has 28 heavy (non-hydrogen) atoms. The fourth-order valence-electron chi connectivity index (χ4n) is 2.51. The molecule has 0 fully saturated rings. The highest BCUT2D eigenvalue weighted by molar-refractivity contribution is 6.02. The van der Waals surface area contributed by atoms with Crippen LogP contribution in [0.2, 0.25) is 0 Å². The number of carbonyl (C=O) groups is 2. The fourth-order valence-corrected chi connectivity index (χ4v) is 2.51. The van der Waals surface area contributed by atoms with Crippen molar-refractivity contribution in [3.8, 4) is 0 Å². The van der Waals surface area contributed by atoms with Gasteiger partial charge in [0.15, 0.2) is 0 Å². The second-order valence-corrected chi connectivity index (χ2v) is 6.26. The van der Waals surface area contributed by atoms with Gasteiger partial charge in [-0.1, -0.05) is 35.9 Å². The van der Waals surface area contributed by atoms with Gasteiger partial charge in [0, 0.05) is 23.9 Å². The second kappa shape index (κ2) is 8.77. The first kappa shape index (κ1) is 19.0. The van der Waals surface area contributed by atoms with Crippen LogP contribution < -0.4 is 16.2 Å². The van der Waals surface area contributed by atoms with Crippen LogP contribution in [-0.2, 0) is 11.3 Å². The molecule has 3 rings (SSSR count). The van der Waals surface area contributed by atoms with Crippen LogP contribution in [0.15, 0.2) is 71.5 Å². The number of rotatable bonds is 6. The van der Waals surface area contributed by atoms with Gasteiger partial charge in [0.2, 0.25) is 5.91 Å². The number of para-hydroxylation sites is 1. The maximum absolute atomic E-state index is 12.3. The molecule has 0 aliphatic heterocycles. The van der Waals surface area contributed by atoms with Gasteiger partial charge in [-0.3, -0.25) is 14.4 Å². The highest BCUT2D eigenvalue weighted by Crippen LogP contribution is 2.09. The van der Waals surface area contributed by atoms with Gasteiger partial charge in [-0.15, -0.1) is 0 Å². The fraction of sp³-hybridized carbons (Fsp3) is 0.143. The lowest BCUT2D eigenvalue weighted by Crippen LogP contribution is -2.28. The van der Waals surface area contributed by atoms with E-state index in [1.807, 2.05) is 37.3 Å². The molecule has 7 nitrogen and oxygen atoms in total. The van der Waals surface area contributed by atoms with Crippen molar-refractivity contribution in [2.24, 2.45) is 0 Å². The molecule has 0 radical (unpaired) electrons. The van der Waals surface area contributed by atoms with Crippen molar-refractivity contribution < 1.29 is 9.59 Å². The van der Waals surface area contributed by atoms with Crippen molar-refractivity contribution >= 4 is 23.2 Å². The molecule has 0 unspecified atom stereocenters. The molecular formula is C21H20N4O3. The minimum Gasteiger partial charge on any atom is -0.326 e. The number of nitrogens with one attached hydrogen (secondary N) is 2. The Morgan fingerprint density at radius 1 is 0.893 bits per heavy atom. The molecule has 2 amide bonds. The Bertz CT molecular complexity index is 1030. The van der Waals surface area contributed by atoms with Gasteiger partial charge in [0.1, 0.15) is 5.69 Å². The summed E-state index contributed by atoms with van der Waals surface area (Å²) in [5, 5.41) is 9.55. The number of amides is 2. The summed E-state index contributed by atoms with van der Waals surface area (Å²) < 4.78 is 1.12. The highest BCUT2D eigenvalue weighted by atomic mass is 16.2. The Morgan fingerprint density at radius 3 is 2.29 bits per heavy atom. The van der Waals surface area contributed by atoms with Crippen molar-refractivity contribution in [3.63, 3.8) is 0 Å². The Labute approximate surface area is 162 Å². The number of anilines is 2. The van der Waals surface area contributed by atoms with E-state index in [-0.39, 0.29) is 30.1 Å². The standard InChI is InChI=1S/C21H20N4O3/c1-15-7-9-17(10-8-15)22-19(26)13-14-25-20(27)12-11-18(24-25)21(28)23-16-5-3-2-4-6-16/h2-12H,13-14H2,1H3,(H,22,26)(H,23,28). The maximum atomic E-state index is 12.3. The van der Waals surface area contributed by atoms with Crippen LogP contribution in [0.25, 0.3) is 0 Å². The van der Waals surface area contributed by atoms with Gasteiger partial charge < -0.3 is 10.6 Å². The van der Waals surface area contributed by atoms with Gasteiger partial charge in [-0.05, 0) is 37.3 Å². The number of aryl methyl sites for hydroxylation is 2. The van der Waals surface area contributed by atoms with Gasteiger partial charge >= 0.3 is 0 Å². The van der Waals surface area contributed by atoms with Crippen molar-refractivity contribution in [1.29, 1.82) is 0 Å². The first-order chi connectivity index (χ1) is 13.5. The van der Waals surface area contributed by atoms with Crippen molar-refractivity contribution in [2.75, 3.05) is 10.6 Å². The summed E-state index contributed by atoms with van der Waals surface area (Å²) in [6.07, 6.45) is 0.0601. The van der Waals surface area contributed by atoms with E-state index in [4.69, 9.17) is 0 Å². The quantitative estimate of drug-likeness (QED) is 0.692. The van der Waals surface area contributed by atoms with Gasteiger partial charge in [-0.25, -0.2) is 4.68 Å². The van der Waals surface area contributed by atoms with E-state index in [1.165, 1.54) is 12.1 Å². The lowest BCUT2D eigenvalue weighted by Gasteiger charge is -2.09. The first-order valence-electron chi connectivity index (χ1n) is 8.82. The smallest absolute Gasteiger partial charge is 0.276 e. The summed E-state index contributed by atoms with van der Waals surface area (Å²) in [6, 6.07) is 19.0. The molecule has 1 heterocycles. The average molecular weight is 376 g/mol. The Morgan fingerprint density at radius 2 is 1.57 bits per heavy atom. The number of hydrogen-bond acceptors (Lipinski definition) is 4. The number of hydrogen-bond donors (Lipinski definition) is 2. The summed E-state index contributed by atoms with van der Waals surface area (Å²) in [5.41, 5.74) is 2.14. The Kier molecular flexibility index (Phi) is 5.96. The second-order valence-electron chi connectivity index (χ2n) is 6.26. The number of nitrogens with zero attached hydrogens (tertiary/aromatic N) is 2. The molecular weight excluding hydrogens is 356 g/mol. The average Bonchev–Trinajstić information content (AvgIpc) is 2.70. The third-order valence-corrected chi connectivity index (χ3v) is 4.02. The van der Waals surface area contributed by atoms with Crippen molar-refractivity contribution in [2.45, 2.75) is 19.9 Å². The van der Waals surface area contributed by atoms with Crippen LogP contribution in [0.1, 0.15) is 22.5 Å². The van der Waals surface area contributed by atoms with E-state index in [9.17, 15) is 14.4 Å². The summed E-state index contributed by atoms with van der Waals surface area (Å²) >= 11 is 0. The summed E-state index contributed by atoms with van der Waals surface area (Å²) in [7, 11) is 0. The minimum atomic E-state index is -0.427. The van der Waals surface area contributed by atoms with Crippen LogP contribution in [-0.4, -0.2) is 21.6 Å². The van der Waals surface area contributed by atoms with Crippen molar-refractivity contribution in [1.82, 2.24) is 9.78 Å². The van der Waals surface area contributed by atoms with Crippen LogP contribution in [0.5, 0.6) is 0 Å². The lowest BCUT2D eigenvalue weighted by molar-refractivity contribution is -0.116. The SMILES string of the molecule is Cc1ccc(NC(=O)CCn2nc(C(=O)Nc3ccccc3)ccc2=O)cc1. The summed E-state index contributed by atoms with van der Waals surface area (Å²) in [4.78, 5) is 36.4. The zero-order valence-electron chi connectivity index (χ0n) is 15.4. The molecule has 0 aliphatic carbocycles. The minimum absolute atomic E-state index is 0.0601. The predicted octanol–water partition coefficient (Wildman–Crippen LogP) is 2.83. The normalized spacial score (nSPS) is 10.3. The molecule has 3 aromatic rings. The van der Waals surface area contributed by atoms with E-state index in [1.54, 1.807) is 24.3 Å². The first-order valence-corrected chi connectivity index (χ1v) is 8.82. The summed E-state index contributed by atoms with van der Waals surface area (Å²) in [6.45, 7) is 2.04. The van der Waals surface area contributed by atoms with E-state index in [2.05, 4.69) is 15.7 Å². The molecule has 2 aromatic carbocycles. The van der Waals surface area contributed by atoms with Crippen LogP contribution >= 0.6 is 0 Å². The van der Waals surface area contributed by atoms with Gasteiger partial charge in [0.05, 0.1) is 6.54 Å². The Balaban J connectivity index is 1.63. The monoisotopic (exact) mass is 376 g/mol. The third kappa shape index (κ3) is 5.14. The van der Waals surface area contributed by atoms with Gasteiger partial charge in [0.25, 0.3) is 11.5 Å².